The van der Waals surface area contributed by atoms with Gasteiger partial charge in [0, 0.05) is 4.88 Å². The zero-order chi connectivity index (χ0) is 14.2. The summed E-state index contributed by atoms with van der Waals surface area (Å²) in [6.07, 6.45) is 0. The number of hydrogen-bond donors (Lipinski definition) is 1. The lowest BCUT2D eigenvalue weighted by atomic mass is 10.2. The average molecular weight is 364 g/mol. The first-order valence-corrected chi connectivity index (χ1v) is 8.44. The molecule has 1 N–H and O–H groups in total. The van der Waals surface area contributed by atoms with Crippen molar-refractivity contribution < 1.29 is 12.8 Å². The number of hydrogen-bond acceptors (Lipinski definition) is 3. The van der Waals surface area contributed by atoms with E-state index in [1.54, 1.807) is 19.9 Å². The minimum atomic E-state index is -3.77. The highest BCUT2D eigenvalue weighted by Crippen LogP contribution is 2.31. The molecule has 0 bridgehead atoms. The molecule has 2 rings (SSSR count). The molecule has 19 heavy (non-hydrogen) atoms. The summed E-state index contributed by atoms with van der Waals surface area (Å²) in [6, 6.07) is 5.79. The zero-order valence-electron chi connectivity index (χ0n) is 10.2. The summed E-state index contributed by atoms with van der Waals surface area (Å²) in [5.74, 6) is -0.596. The van der Waals surface area contributed by atoms with E-state index < -0.39 is 15.8 Å². The van der Waals surface area contributed by atoms with Gasteiger partial charge >= 0.3 is 0 Å². The summed E-state index contributed by atoms with van der Waals surface area (Å²) in [5, 5.41) is 0. The van der Waals surface area contributed by atoms with Crippen molar-refractivity contribution in [1.82, 2.24) is 0 Å². The van der Waals surface area contributed by atoms with E-state index in [0.29, 0.717) is 4.88 Å². The SMILES string of the molecule is Cc1ccc(F)c(NS(=O)(=O)c2cc(Br)sc2C)c1. The van der Waals surface area contributed by atoms with Crippen molar-refractivity contribution in [2.75, 3.05) is 4.72 Å². The molecule has 7 heteroatoms. The molecule has 0 unspecified atom stereocenters. The Labute approximate surface area is 123 Å². The number of aryl methyl sites for hydroxylation is 2. The maximum absolute atomic E-state index is 13.6. The summed E-state index contributed by atoms with van der Waals surface area (Å²) in [4.78, 5) is 0.803. The Morgan fingerprint density at radius 2 is 1.95 bits per heavy atom. The highest BCUT2D eigenvalue weighted by molar-refractivity contribution is 9.11. The van der Waals surface area contributed by atoms with Gasteiger partial charge in [-0.1, -0.05) is 6.07 Å². The minimum absolute atomic E-state index is 0.0401. The molecule has 0 fully saturated rings. The van der Waals surface area contributed by atoms with Crippen LogP contribution >= 0.6 is 27.3 Å². The summed E-state index contributed by atoms with van der Waals surface area (Å²) in [6.45, 7) is 3.47. The number of anilines is 1. The van der Waals surface area contributed by atoms with E-state index in [2.05, 4.69) is 20.7 Å². The lowest BCUT2D eigenvalue weighted by molar-refractivity contribution is 0.598. The molecule has 0 saturated heterocycles. The maximum Gasteiger partial charge on any atom is 0.263 e. The van der Waals surface area contributed by atoms with Crippen LogP contribution in [0.4, 0.5) is 10.1 Å². The zero-order valence-corrected chi connectivity index (χ0v) is 13.4. The van der Waals surface area contributed by atoms with E-state index in [1.165, 1.54) is 29.5 Å². The van der Waals surface area contributed by atoms with Gasteiger partial charge in [-0.3, -0.25) is 4.72 Å². The number of sulfonamides is 1. The molecule has 0 atom stereocenters. The molecular weight excluding hydrogens is 353 g/mol. The second-order valence-electron chi connectivity index (χ2n) is 4.06. The Hall–Kier alpha value is -0.920. The Balaban J connectivity index is 2.42. The normalized spacial score (nSPS) is 11.6. The molecule has 0 saturated carbocycles. The summed E-state index contributed by atoms with van der Waals surface area (Å²) < 4.78 is 41.0. The molecule has 2 aromatic rings. The predicted molar refractivity (Wildman–Crippen MR) is 78.7 cm³/mol. The van der Waals surface area contributed by atoms with Crippen LogP contribution in [-0.4, -0.2) is 8.42 Å². The van der Waals surface area contributed by atoms with Crippen molar-refractivity contribution in [3.05, 3.63) is 44.3 Å². The van der Waals surface area contributed by atoms with Gasteiger partial charge in [0.1, 0.15) is 10.7 Å². The lowest BCUT2D eigenvalue weighted by Gasteiger charge is -2.09. The molecule has 3 nitrogen and oxygen atoms in total. The molecule has 0 amide bonds. The van der Waals surface area contributed by atoms with Gasteiger partial charge in [0.05, 0.1) is 9.47 Å². The van der Waals surface area contributed by atoms with E-state index in [-0.39, 0.29) is 10.6 Å². The van der Waals surface area contributed by atoms with Gasteiger partial charge < -0.3 is 0 Å². The molecular formula is C12H11BrFNO2S2. The van der Waals surface area contributed by atoms with Crippen molar-refractivity contribution in [3.63, 3.8) is 0 Å². The van der Waals surface area contributed by atoms with Crippen molar-refractivity contribution in [2.45, 2.75) is 18.7 Å². The second-order valence-corrected chi connectivity index (χ2v) is 8.35. The Kier molecular flexibility index (Phi) is 3.98. The van der Waals surface area contributed by atoms with E-state index in [0.717, 1.165) is 9.35 Å². The molecule has 0 aliphatic heterocycles. The Bertz CT molecular complexity index is 725. The van der Waals surface area contributed by atoms with Crippen LogP contribution in [0, 0.1) is 19.7 Å². The van der Waals surface area contributed by atoms with Crippen LogP contribution in [0.3, 0.4) is 0 Å². The number of halogens is 2. The first-order chi connectivity index (χ1) is 8.79. The van der Waals surface area contributed by atoms with Gasteiger partial charge in [0.2, 0.25) is 0 Å². The maximum atomic E-state index is 13.6. The summed E-state index contributed by atoms with van der Waals surface area (Å²) >= 11 is 4.56. The van der Waals surface area contributed by atoms with E-state index >= 15 is 0 Å². The van der Waals surface area contributed by atoms with Crippen molar-refractivity contribution in [2.24, 2.45) is 0 Å². The fourth-order valence-corrected chi connectivity index (χ4v) is 5.09. The summed E-state index contributed by atoms with van der Waals surface area (Å²) in [5.41, 5.74) is 0.740. The first-order valence-electron chi connectivity index (χ1n) is 5.34. The van der Waals surface area contributed by atoms with E-state index in [1.807, 2.05) is 0 Å². The third kappa shape index (κ3) is 3.16. The van der Waals surface area contributed by atoms with Crippen LogP contribution in [0.25, 0.3) is 0 Å². The number of thiophene rings is 1. The van der Waals surface area contributed by atoms with Gasteiger partial charge in [0.15, 0.2) is 0 Å². The number of benzene rings is 1. The number of nitrogens with one attached hydrogen (secondary N) is 1. The predicted octanol–water partition coefficient (Wildman–Crippen LogP) is 4.07. The van der Waals surface area contributed by atoms with Gasteiger partial charge in [-0.2, -0.15) is 0 Å². The highest BCUT2D eigenvalue weighted by atomic mass is 79.9. The number of rotatable bonds is 3. The Morgan fingerprint density at radius 1 is 1.26 bits per heavy atom. The van der Waals surface area contributed by atoms with Crippen molar-refractivity contribution in [3.8, 4) is 0 Å². The minimum Gasteiger partial charge on any atom is -0.277 e. The van der Waals surface area contributed by atoms with Crippen LogP contribution in [-0.2, 0) is 10.0 Å². The van der Waals surface area contributed by atoms with Gasteiger partial charge in [-0.15, -0.1) is 11.3 Å². The average Bonchev–Trinajstić information content (AvgIpc) is 2.63. The molecule has 0 spiro atoms. The van der Waals surface area contributed by atoms with Crippen LogP contribution in [0.2, 0.25) is 0 Å². The van der Waals surface area contributed by atoms with Crippen LogP contribution in [0.15, 0.2) is 32.9 Å². The highest BCUT2D eigenvalue weighted by Gasteiger charge is 2.20. The molecule has 0 aliphatic rings. The van der Waals surface area contributed by atoms with Crippen LogP contribution in [0.1, 0.15) is 10.4 Å². The monoisotopic (exact) mass is 363 g/mol. The molecule has 1 aromatic carbocycles. The third-order valence-corrected chi connectivity index (χ3v) is 5.67. The Morgan fingerprint density at radius 3 is 2.53 bits per heavy atom. The van der Waals surface area contributed by atoms with Gasteiger partial charge in [-0.05, 0) is 53.5 Å². The largest absolute Gasteiger partial charge is 0.277 e. The molecule has 1 aromatic heterocycles. The fourth-order valence-electron chi connectivity index (χ4n) is 1.61. The quantitative estimate of drug-likeness (QED) is 0.893. The standard InChI is InChI=1S/C12H11BrFNO2S2/c1-7-3-4-9(14)10(5-7)15-19(16,17)11-6-12(13)18-8(11)2/h3-6,15H,1-2H3. The van der Waals surface area contributed by atoms with Crippen LogP contribution < -0.4 is 4.72 Å². The van der Waals surface area contributed by atoms with Gasteiger partial charge in [-0.25, -0.2) is 12.8 Å². The lowest BCUT2D eigenvalue weighted by Crippen LogP contribution is -2.14. The topological polar surface area (TPSA) is 46.2 Å². The second kappa shape index (κ2) is 5.22. The van der Waals surface area contributed by atoms with Crippen molar-refractivity contribution in [1.29, 1.82) is 0 Å². The molecule has 1 heterocycles. The molecule has 0 aliphatic carbocycles. The van der Waals surface area contributed by atoms with Gasteiger partial charge in [0.25, 0.3) is 10.0 Å². The van der Waals surface area contributed by atoms with Crippen LogP contribution in [0.5, 0.6) is 0 Å². The fraction of sp³-hybridized carbons (Fsp3) is 0.167. The van der Waals surface area contributed by atoms with E-state index in [9.17, 15) is 12.8 Å². The molecule has 0 radical (unpaired) electrons. The molecule has 102 valence electrons. The first kappa shape index (κ1) is 14.5. The third-order valence-electron chi connectivity index (χ3n) is 2.50. The van der Waals surface area contributed by atoms with Crippen molar-refractivity contribution >= 4 is 43.0 Å². The smallest absolute Gasteiger partial charge is 0.263 e. The summed E-state index contributed by atoms with van der Waals surface area (Å²) in [7, 11) is -3.77. The van der Waals surface area contributed by atoms with E-state index in [4.69, 9.17) is 0 Å².